The van der Waals surface area contributed by atoms with E-state index in [0.29, 0.717) is 43.0 Å². The van der Waals surface area contributed by atoms with Crippen molar-refractivity contribution in [2.45, 2.75) is 38.3 Å². The van der Waals surface area contributed by atoms with Gasteiger partial charge >= 0.3 is 11.9 Å². The highest BCUT2D eigenvalue weighted by molar-refractivity contribution is 6.07. The molecule has 10 nitrogen and oxygen atoms in total. The zero-order valence-electron chi connectivity index (χ0n) is 21.6. The molecule has 0 aromatic heterocycles. The molecule has 0 radical (unpaired) electrons. The molecule has 1 unspecified atom stereocenters. The van der Waals surface area contributed by atoms with E-state index in [1.165, 1.54) is 25.3 Å². The maximum atomic E-state index is 13.8. The topological polar surface area (TPSA) is 132 Å². The van der Waals surface area contributed by atoms with Crippen molar-refractivity contribution in [3.05, 3.63) is 87.1 Å². The molecule has 3 atom stereocenters. The lowest BCUT2D eigenvalue weighted by molar-refractivity contribution is -0.384. The molecule has 0 aliphatic carbocycles. The summed E-state index contributed by atoms with van der Waals surface area (Å²) in [6, 6.07) is 15.7. The number of rotatable bonds is 8. The smallest absolute Gasteiger partial charge is 0.337 e. The molecule has 0 amide bonds. The number of ether oxygens (including phenoxy) is 2. The quantitative estimate of drug-likeness (QED) is 0.318. The Morgan fingerprint density at radius 2 is 1.92 bits per heavy atom. The molecule has 2 aliphatic rings. The zero-order chi connectivity index (χ0) is 27.4. The number of aliphatic hydroxyl groups is 1. The average Bonchev–Trinajstić information content (AvgIpc) is 3.30. The number of nitro groups is 1. The number of nitro benzene ring substituents is 1. The van der Waals surface area contributed by atoms with Gasteiger partial charge in [0.15, 0.2) is 0 Å². The Morgan fingerprint density at radius 1 is 1.18 bits per heavy atom. The van der Waals surface area contributed by atoms with Crippen LogP contribution in [0.5, 0.6) is 0 Å². The van der Waals surface area contributed by atoms with Crippen molar-refractivity contribution >= 4 is 23.3 Å². The molecular weight excluding hydrogens is 490 g/mol. The molecule has 10 heteroatoms. The van der Waals surface area contributed by atoms with Crippen molar-refractivity contribution in [1.82, 2.24) is 4.90 Å². The SMILES string of the molecule is COC(=O)C1C(C)=NC(C)=C(C(=O)O[C@]2(CO)CCN(Cc3ccccc3)C2)[C@H]1c1cccc([N+](=O)[O-])c1. The number of aliphatic hydroxyl groups excluding tert-OH is 1. The van der Waals surface area contributed by atoms with Gasteiger partial charge in [0, 0.05) is 55.5 Å². The zero-order valence-corrected chi connectivity index (χ0v) is 21.6. The third-order valence-electron chi connectivity index (χ3n) is 7.19. The molecule has 0 saturated carbocycles. The molecule has 200 valence electrons. The van der Waals surface area contributed by atoms with Crippen LogP contribution in [0, 0.1) is 16.0 Å². The van der Waals surface area contributed by atoms with E-state index in [1.807, 2.05) is 30.3 Å². The molecule has 1 N–H and O–H groups in total. The Bertz CT molecular complexity index is 1290. The molecule has 0 bridgehead atoms. The summed E-state index contributed by atoms with van der Waals surface area (Å²) >= 11 is 0. The van der Waals surface area contributed by atoms with E-state index >= 15 is 0 Å². The molecule has 2 aromatic rings. The van der Waals surface area contributed by atoms with Crippen LogP contribution in [0.1, 0.15) is 37.3 Å². The van der Waals surface area contributed by atoms with Gasteiger partial charge in [0.1, 0.15) is 11.5 Å². The Balaban J connectivity index is 1.67. The summed E-state index contributed by atoms with van der Waals surface area (Å²) in [6.45, 7) is 4.52. The van der Waals surface area contributed by atoms with Crippen molar-refractivity contribution in [2.24, 2.45) is 10.9 Å². The summed E-state index contributed by atoms with van der Waals surface area (Å²) in [4.78, 5) is 44.2. The second-order valence-electron chi connectivity index (χ2n) is 9.76. The van der Waals surface area contributed by atoms with Crippen LogP contribution in [0.2, 0.25) is 0 Å². The lowest BCUT2D eigenvalue weighted by atomic mass is 9.75. The number of nitrogens with zero attached hydrogens (tertiary/aromatic N) is 3. The normalized spacial score (nSPS) is 23.6. The highest BCUT2D eigenvalue weighted by Gasteiger charge is 2.46. The first-order chi connectivity index (χ1) is 18.2. The molecule has 0 spiro atoms. The monoisotopic (exact) mass is 521 g/mol. The predicted molar refractivity (Wildman–Crippen MR) is 139 cm³/mol. The van der Waals surface area contributed by atoms with Gasteiger partial charge in [0.05, 0.1) is 24.2 Å². The summed E-state index contributed by atoms with van der Waals surface area (Å²) in [6.07, 6.45) is 0.429. The van der Waals surface area contributed by atoms with Crippen LogP contribution in [0.4, 0.5) is 5.69 Å². The number of likely N-dealkylation sites (tertiary alicyclic amines) is 1. The van der Waals surface area contributed by atoms with Crippen LogP contribution in [0.15, 0.2) is 70.9 Å². The summed E-state index contributed by atoms with van der Waals surface area (Å²) in [5.41, 5.74) is 1.08. The second-order valence-corrected chi connectivity index (χ2v) is 9.76. The number of benzene rings is 2. The van der Waals surface area contributed by atoms with Gasteiger partial charge in [0.2, 0.25) is 0 Å². The molecule has 2 aromatic carbocycles. The van der Waals surface area contributed by atoms with Crippen LogP contribution in [-0.2, 0) is 25.6 Å². The second kappa shape index (κ2) is 11.2. The van der Waals surface area contributed by atoms with E-state index in [-0.39, 0.29) is 17.9 Å². The van der Waals surface area contributed by atoms with Gasteiger partial charge in [-0.25, -0.2) is 4.79 Å². The van der Waals surface area contributed by atoms with Gasteiger partial charge in [0.25, 0.3) is 5.69 Å². The number of carbonyl (C=O) groups excluding carboxylic acids is 2. The molecular formula is C28H31N3O7. The van der Waals surface area contributed by atoms with Crippen LogP contribution in [0.3, 0.4) is 0 Å². The highest BCUT2D eigenvalue weighted by Crippen LogP contribution is 2.42. The van der Waals surface area contributed by atoms with Gasteiger partial charge in [-0.3, -0.25) is 24.8 Å². The fourth-order valence-corrected chi connectivity index (χ4v) is 5.33. The van der Waals surface area contributed by atoms with E-state index in [0.717, 1.165) is 5.56 Å². The van der Waals surface area contributed by atoms with E-state index in [2.05, 4.69) is 9.89 Å². The number of non-ortho nitro benzene ring substituents is 1. The summed E-state index contributed by atoms with van der Waals surface area (Å²) in [7, 11) is 1.24. The Hall–Kier alpha value is -3.89. The van der Waals surface area contributed by atoms with Crippen LogP contribution in [0.25, 0.3) is 0 Å². The van der Waals surface area contributed by atoms with Crippen LogP contribution < -0.4 is 0 Å². The highest BCUT2D eigenvalue weighted by atomic mass is 16.6. The summed E-state index contributed by atoms with van der Waals surface area (Å²) in [5.74, 6) is -3.23. The average molecular weight is 522 g/mol. The fourth-order valence-electron chi connectivity index (χ4n) is 5.33. The number of allylic oxidation sites excluding steroid dienone is 1. The van der Waals surface area contributed by atoms with Crippen LogP contribution in [-0.4, -0.2) is 65.0 Å². The van der Waals surface area contributed by atoms with Gasteiger partial charge in [-0.15, -0.1) is 0 Å². The number of esters is 2. The van der Waals surface area contributed by atoms with Crippen molar-refractivity contribution in [1.29, 1.82) is 0 Å². The minimum absolute atomic E-state index is 0.112. The number of hydrogen-bond donors (Lipinski definition) is 1. The molecule has 1 saturated heterocycles. The summed E-state index contributed by atoms with van der Waals surface area (Å²) in [5, 5.41) is 21.8. The standard InChI is InChI=1S/C28H31N3O7/c1-18-23(26(33)37-3)25(21-10-7-11-22(14-21)31(35)36)24(19(2)29-18)27(34)38-28(17-32)12-13-30(16-28)15-20-8-5-4-6-9-20/h4-11,14,23,25,32H,12-13,15-17H2,1-3H3/t23?,25-,28+/m0/s1. The van der Waals surface area contributed by atoms with E-state index in [9.17, 15) is 24.8 Å². The van der Waals surface area contributed by atoms with Gasteiger partial charge in [-0.1, -0.05) is 42.5 Å². The van der Waals surface area contributed by atoms with E-state index in [1.54, 1.807) is 19.9 Å². The third kappa shape index (κ3) is 5.51. The first-order valence-corrected chi connectivity index (χ1v) is 12.4. The third-order valence-corrected chi connectivity index (χ3v) is 7.19. The minimum atomic E-state index is -1.14. The molecule has 2 aliphatic heterocycles. The molecule has 2 heterocycles. The van der Waals surface area contributed by atoms with Crippen molar-refractivity contribution < 1.29 is 29.1 Å². The Morgan fingerprint density at radius 3 is 2.58 bits per heavy atom. The Labute approximate surface area is 220 Å². The number of aliphatic imine (C=N–C) groups is 1. The number of hydrogen-bond acceptors (Lipinski definition) is 9. The van der Waals surface area contributed by atoms with Crippen molar-refractivity contribution in [3.8, 4) is 0 Å². The van der Waals surface area contributed by atoms with Crippen LogP contribution >= 0.6 is 0 Å². The van der Waals surface area contributed by atoms with Gasteiger partial charge in [-0.05, 0) is 25.0 Å². The van der Waals surface area contributed by atoms with Gasteiger partial charge < -0.3 is 14.6 Å². The Kier molecular flexibility index (Phi) is 8.03. The lowest BCUT2D eigenvalue weighted by Crippen LogP contribution is -2.44. The maximum Gasteiger partial charge on any atom is 0.337 e. The van der Waals surface area contributed by atoms with Gasteiger partial charge in [-0.2, -0.15) is 0 Å². The molecule has 38 heavy (non-hydrogen) atoms. The van der Waals surface area contributed by atoms with E-state index in [4.69, 9.17) is 9.47 Å². The first kappa shape index (κ1) is 27.2. The number of carbonyl (C=O) groups is 2. The molecule has 4 rings (SSSR count). The van der Waals surface area contributed by atoms with E-state index < -0.39 is 34.3 Å². The maximum absolute atomic E-state index is 13.8. The minimum Gasteiger partial charge on any atom is -0.468 e. The fraction of sp³-hybridized carbons (Fsp3) is 0.393. The molecule has 1 fully saturated rings. The largest absolute Gasteiger partial charge is 0.468 e. The van der Waals surface area contributed by atoms with Crippen molar-refractivity contribution in [3.63, 3.8) is 0 Å². The predicted octanol–water partition coefficient (Wildman–Crippen LogP) is 3.40. The van der Waals surface area contributed by atoms with Crippen molar-refractivity contribution in [2.75, 3.05) is 26.8 Å². The summed E-state index contributed by atoms with van der Waals surface area (Å²) < 4.78 is 11.0. The first-order valence-electron chi connectivity index (χ1n) is 12.4. The lowest BCUT2D eigenvalue weighted by Gasteiger charge is -2.34. The number of methoxy groups -OCH3 is 1.